The summed E-state index contributed by atoms with van der Waals surface area (Å²) in [6.45, 7) is 0.991. The van der Waals surface area contributed by atoms with E-state index in [1.807, 2.05) is 0 Å². The Morgan fingerprint density at radius 2 is 2.29 bits per heavy atom. The van der Waals surface area contributed by atoms with Crippen molar-refractivity contribution in [2.45, 2.75) is 31.7 Å². The van der Waals surface area contributed by atoms with Crippen LogP contribution in [0.5, 0.6) is 0 Å². The van der Waals surface area contributed by atoms with E-state index in [9.17, 15) is 4.79 Å². The number of carbonyl (C=O) groups is 1. The number of carbonyl (C=O) groups excluding carboxylic acids is 1. The van der Waals surface area contributed by atoms with E-state index >= 15 is 0 Å². The molecule has 0 bridgehead atoms. The lowest BCUT2D eigenvalue weighted by Gasteiger charge is -2.15. The van der Waals surface area contributed by atoms with Crippen LogP contribution in [0.25, 0.3) is 0 Å². The molecule has 1 atom stereocenters. The van der Waals surface area contributed by atoms with Crippen LogP contribution in [-0.4, -0.2) is 37.4 Å². The molecule has 82 valence electrons. The molecule has 0 radical (unpaired) electrons. The van der Waals surface area contributed by atoms with E-state index in [2.05, 4.69) is 5.32 Å². The fourth-order valence-electron chi connectivity index (χ4n) is 1.49. The first-order chi connectivity index (χ1) is 6.79. The molecular weight excluding hydrogens is 182 g/mol. The average Bonchev–Trinajstić information content (AvgIpc) is 3.01. The Balaban J connectivity index is 2.18. The molecule has 4 heteroatoms. The molecule has 0 aromatic carbocycles. The Labute approximate surface area is 84.6 Å². The quantitative estimate of drug-likeness (QED) is 0.459. The highest BCUT2D eigenvalue weighted by Crippen LogP contribution is 2.33. The highest BCUT2D eigenvalue weighted by molar-refractivity contribution is 5.76. The van der Waals surface area contributed by atoms with Crippen molar-refractivity contribution in [2.24, 2.45) is 5.92 Å². The number of hydrogen-bond donors (Lipinski definition) is 2. The molecule has 0 spiro atoms. The lowest BCUT2D eigenvalue weighted by Crippen LogP contribution is -2.40. The van der Waals surface area contributed by atoms with Gasteiger partial charge in [0.1, 0.15) is 6.04 Å². The molecule has 0 aliphatic heterocycles. The van der Waals surface area contributed by atoms with E-state index in [1.165, 1.54) is 7.11 Å². The maximum Gasteiger partial charge on any atom is 0.323 e. The first-order valence-corrected chi connectivity index (χ1v) is 5.21. The fraction of sp³-hybridized carbons (Fsp3) is 0.900. The highest BCUT2D eigenvalue weighted by Gasteiger charge is 2.36. The summed E-state index contributed by atoms with van der Waals surface area (Å²) in [6, 6.07) is -0.126. The third-order valence-corrected chi connectivity index (χ3v) is 2.50. The molecule has 0 aromatic rings. The van der Waals surface area contributed by atoms with Gasteiger partial charge in [0.15, 0.2) is 0 Å². The molecular formula is C10H19NO3. The van der Waals surface area contributed by atoms with Gasteiger partial charge in [-0.3, -0.25) is 4.79 Å². The third kappa shape index (κ3) is 3.64. The van der Waals surface area contributed by atoms with Gasteiger partial charge in [-0.05, 0) is 38.1 Å². The van der Waals surface area contributed by atoms with Crippen molar-refractivity contribution in [2.75, 3.05) is 20.3 Å². The van der Waals surface area contributed by atoms with Gasteiger partial charge in [0.05, 0.1) is 7.11 Å². The van der Waals surface area contributed by atoms with E-state index < -0.39 is 0 Å². The summed E-state index contributed by atoms with van der Waals surface area (Å²) in [7, 11) is 1.42. The summed E-state index contributed by atoms with van der Waals surface area (Å²) in [4.78, 5) is 11.3. The van der Waals surface area contributed by atoms with E-state index in [4.69, 9.17) is 9.84 Å². The largest absolute Gasteiger partial charge is 0.468 e. The number of nitrogens with one attached hydrogen (secondary N) is 1. The summed E-state index contributed by atoms with van der Waals surface area (Å²) >= 11 is 0. The van der Waals surface area contributed by atoms with Crippen LogP contribution in [0.3, 0.4) is 0 Å². The van der Waals surface area contributed by atoms with Gasteiger partial charge in [-0.25, -0.2) is 0 Å². The van der Waals surface area contributed by atoms with Gasteiger partial charge in [0.2, 0.25) is 0 Å². The second-order valence-corrected chi connectivity index (χ2v) is 3.72. The predicted octanol–water partition coefficient (Wildman–Crippen LogP) is 0.300. The summed E-state index contributed by atoms with van der Waals surface area (Å²) in [5.41, 5.74) is 0. The SMILES string of the molecule is COC(=O)C(NCCCCO)C1CC1. The molecule has 0 saturated heterocycles. The summed E-state index contributed by atoms with van der Waals surface area (Å²) in [5.74, 6) is 0.313. The number of aliphatic hydroxyl groups is 1. The van der Waals surface area contributed by atoms with Crippen LogP contribution in [0.15, 0.2) is 0 Å². The number of aliphatic hydroxyl groups excluding tert-OH is 1. The van der Waals surface area contributed by atoms with Crippen LogP contribution in [-0.2, 0) is 9.53 Å². The maximum absolute atomic E-state index is 11.3. The van der Waals surface area contributed by atoms with Crippen molar-refractivity contribution in [3.8, 4) is 0 Å². The van der Waals surface area contributed by atoms with Crippen molar-refractivity contribution in [1.29, 1.82) is 0 Å². The first-order valence-electron chi connectivity index (χ1n) is 5.21. The van der Waals surface area contributed by atoms with Crippen molar-refractivity contribution >= 4 is 5.97 Å². The van der Waals surface area contributed by atoms with Gasteiger partial charge in [0.25, 0.3) is 0 Å². The molecule has 1 fully saturated rings. The van der Waals surface area contributed by atoms with E-state index in [0.717, 1.165) is 32.2 Å². The molecule has 1 saturated carbocycles. The third-order valence-electron chi connectivity index (χ3n) is 2.50. The Morgan fingerprint density at radius 1 is 1.57 bits per heavy atom. The number of rotatable bonds is 7. The zero-order valence-electron chi connectivity index (χ0n) is 8.66. The highest BCUT2D eigenvalue weighted by atomic mass is 16.5. The zero-order valence-corrected chi connectivity index (χ0v) is 8.66. The van der Waals surface area contributed by atoms with E-state index in [0.29, 0.717) is 5.92 Å². The molecule has 2 N–H and O–H groups in total. The predicted molar refractivity (Wildman–Crippen MR) is 52.9 cm³/mol. The Morgan fingerprint density at radius 3 is 2.79 bits per heavy atom. The van der Waals surface area contributed by atoms with E-state index in [-0.39, 0.29) is 18.6 Å². The summed E-state index contributed by atoms with van der Waals surface area (Å²) in [6.07, 6.45) is 3.92. The molecule has 1 aliphatic carbocycles. The molecule has 1 aliphatic rings. The Hall–Kier alpha value is -0.610. The van der Waals surface area contributed by atoms with Crippen LogP contribution in [0.4, 0.5) is 0 Å². The van der Waals surface area contributed by atoms with Crippen LogP contribution < -0.4 is 5.32 Å². The lowest BCUT2D eigenvalue weighted by molar-refractivity contribution is -0.143. The van der Waals surface area contributed by atoms with Crippen molar-refractivity contribution < 1.29 is 14.6 Å². The summed E-state index contributed by atoms with van der Waals surface area (Å²) in [5, 5.41) is 11.8. The first kappa shape index (κ1) is 11.5. The minimum atomic E-state index is -0.156. The van der Waals surface area contributed by atoms with Crippen LogP contribution in [0.2, 0.25) is 0 Å². The lowest BCUT2D eigenvalue weighted by atomic mass is 10.2. The smallest absolute Gasteiger partial charge is 0.323 e. The second kappa shape index (κ2) is 5.98. The normalized spacial score (nSPS) is 17.9. The second-order valence-electron chi connectivity index (χ2n) is 3.72. The number of unbranched alkanes of at least 4 members (excludes halogenated alkanes) is 1. The molecule has 1 unspecified atom stereocenters. The minimum Gasteiger partial charge on any atom is -0.468 e. The minimum absolute atomic E-state index is 0.126. The number of methoxy groups -OCH3 is 1. The van der Waals surface area contributed by atoms with Gasteiger partial charge < -0.3 is 15.2 Å². The Bertz CT molecular complexity index is 180. The molecule has 4 nitrogen and oxygen atoms in total. The van der Waals surface area contributed by atoms with Crippen molar-refractivity contribution in [3.05, 3.63) is 0 Å². The molecule has 1 rings (SSSR count). The van der Waals surface area contributed by atoms with Crippen molar-refractivity contribution in [1.82, 2.24) is 5.32 Å². The topological polar surface area (TPSA) is 58.6 Å². The summed E-state index contributed by atoms with van der Waals surface area (Å²) < 4.78 is 4.72. The zero-order chi connectivity index (χ0) is 10.4. The van der Waals surface area contributed by atoms with Gasteiger partial charge in [-0.1, -0.05) is 0 Å². The molecule has 0 amide bonds. The van der Waals surface area contributed by atoms with Gasteiger partial charge in [0, 0.05) is 6.61 Å². The maximum atomic E-state index is 11.3. The Kier molecular flexibility index (Phi) is 4.90. The van der Waals surface area contributed by atoms with Gasteiger partial charge in [-0.2, -0.15) is 0 Å². The molecule has 14 heavy (non-hydrogen) atoms. The molecule has 0 aromatic heterocycles. The van der Waals surface area contributed by atoms with Crippen LogP contribution in [0.1, 0.15) is 25.7 Å². The number of hydrogen-bond acceptors (Lipinski definition) is 4. The average molecular weight is 201 g/mol. The van der Waals surface area contributed by atoms with E-state index in [1.54, 1.807) is 0 Å². The van der Waals surface area contributed by atoms with Crippen LogP contribution in [0, 0.1) is 5.92 Å². The van der Waals surface area contributed by atoms with Crippen LogP contribution >= 0.6 is 0 Å². The van der Waals surface area contributed by atoms with Gasteiger partial charge in [-0.15, -0.1) is 0 Å². The van der Waals surface area contributed by atoms with Gasteiger partial charge >= 0.3 is 5.97 Å². The standard InChI is InChI=1S/C10H19NO3/c1-14-10(13)9(8-4-5-8)11-6-2-3-7-12/h8-9,11-12H,2-7H2,1H3. The molecule has 0 heterocycles. The monoisotopic (exact) mass is 201 g/mol. The number of ether oxygens (including phenoxy) is 1. The van der Waals surface area contributed by atoms with Crippen molar-refractivity contribution in [3.63, 3.8) is 0 Å². The fourth-order valence-corrected chi connectivity index (χ4v) is 1.49. The number of esters is 1.